The van der Waals surface area contributed by atoms with Crippen LogP contribution in [0.4, 0.5) is 0 Å². The highest BCUT2D eigenvalue weighted by Crippen LogP contribution is 2.39. The minimum atomic E-state index is -0.892. The smallest absolute Gasteiger partial charge is 0.352 e. The molecule has 0 aliphatic carbocycles. The molecular formula is C32H33N3O4. The molecule has 2 aromatic heterocycles. The van der Waals surface area contributed by atoms with Gasteiger partial charge in [-0.2, -0.15) is 5.10 Å². The predicted octanol–water partition coefficient (Wildman–Crippen LogP) is 6.52. The van der Waals surface area contributed by atoms with Gasteiger partial charge in [0.05, 0.1) is 30.1 Å². The highest BCUT2D eigenvalue weighted by Gasteiger charge is 2.27. The number of aromatic carboxylic acids is 1. The average Bonchev–Trinajstić information content (AvgIpc) is 3.39. The Morgan fingerprint density at radius 1 is 1.05 bits per heavy atom. The van der Waals surface area contributed by atoms with Gasteiger partial charge < -0.3 is 19.1 Å². The van der Waals surface area contributed by atoms with Gasteiger partial charge in [0.25, 0.3) is 0 Å². The molecule has 0 unspecified atom stereocenters. The van der Waals surface area contributed by atoms with Crippen molar-refractivity contribution in [3.05, 3.63) is 83.3 Å². The van der Waals surface area contributed by atoms with E-state index in [0.717, 1.165) is 68.3 Å². The second-order valence-electron chi connectivity index (χ2n) is 10.2. The first-order valence-electron chi connectivity index (χ1n) is 13.6. The summed E-state index contributed by atoms with van der Waals surface area (Å²) in [5, 5.41) is 18.4. The van der Waals surface area contributed by atoms with Crippen LogP contribution in [0, 0.1) is 6.92 Å². The van der Waals surface area contributed by atoms with Gasteiger partial charge in [0.2, 0.25) is 0 Å². The lowest BCUT2D eigenvalue weighted by atomic mass is 9.98. The van der Waals surface area contributed by atoms with Crippen LogP contribution in [0.25, 0.3) is 32.8 Å². The maximum Gasteiger partial charge on any atom is 0.352 e. The monoisotopic (exact) mass is 523 g/mol. The van der Waals surface area contributed by atoms with Crippen molar-refractivity contribution in [3.63, 3.8) is 0 Å². The number of hydrogen-bond acceptors (Lipinski definition) is 4. The lowest BCUT2D eigenvalue weighted by Gasteiger charge is -2.12. The molecule has 5 aromatic rings. The molecule has 1 N–H and O–H groups in total. The summed E-state index contributed by atoms with van der Waals surface area (Å²) in [6.45, 7) is 4.25. The van der Waals surface area contributed by atoms with Crippen molar-refractivity contribution in [2.24, 2.45) is 7.05 Å². The van der Waals surface area contributed by atoms with Gasteiger partial charge in [0.15, 0.2) is 0 Å². The highest BCUT2D eigenvalue weighted by atomic mass is 16.5. The summed E-state index contributed by atoms with van der Waals surface area (Å²) in [5.74, 6) is -0.0380. The molecule has 0 fully saturated rings. The largest absolute Gasteiger partial charge is 0.493 e. The fraction of sp³-hybridized carbons (Fsp3) is 0.312. The number of carboxylic acid groups (broad SMARTS) is 1. The Bertz CT molecular complexity index is 1680. The Kier molecular flexibility index (Phi) is 6.83. The lowest BCUT2D eigenvalue weighted by Crippen LogP contribution is -2.12. The van der Waals surface area contributed by atoms with Crippen LogP contribution in [0.1, 0.15) is 46.7 Å². The van der Waals surface area contributed by atoms with Crippen molar-refractivity contribution in [2.45, 2.75) is 45.8 Å². The van der Waals surface area contributed by atoms with Crippen LogP contribution in [0.15, 0.2) is 60.7 Å². The zero-order valence-electron chi connectivity index (χ0n) is 22.4. The van der Waals surface area contributed by atoms with Gasteiger partial charge in [-0.3, -0.25) is 4.68 Å². The highest BCUT2D eigenvalue weighted by molar-refractivity contribution is 6.04. The minimum absolute atomic E-state index is 0.380. The van der Waals surface area contributed by atoms with E-state index in [0.29, 0.717) is 44.9 Å². The summed E-state index contributed by atoms with van der Waals surface area (Å²) in [5.41, 5.74) is 6.20. The van der Waals surface area contributed by atoms with Crippen LogP contribution in [-0.4, -0.2) is 38.6 Å². The predicted molar refractivity (Wildman–Crippen MR) is 152 cm³/mol. The molecule has 1 aliphatic rings. The molecule has 7 nitrogen and oxygen atoms in total. The third-order valence-electron chi connectivity index (χ3n) is 7.74. The molecule has 3 heterocycles. The number of aryl methyl sites for hydroxylation is 4. The molecule has 7 heteroatoms. The molecular weight excluding hydrogens is 490 g/mol. The molecule has 0 radical (unpaired) electrons. The number of benzene rings is 3. The van der Waals surface area contributed by atoms with Gasteiger partial charge in [-0.1, -0.05) is 54.6 Å². The zero-order chi connectivity index (χ0) is 26.9. The Labute approximate surface area is 227 Å². The molecule has 0 saturated carbocycles. The summed E-state index contributed by atoms with van der Waals surface area (Å²) in [7, 11) is 1.94. The van der Waals surface area contributed by atoms with E-state index in [9.17, 15) is 9.90 Å². The maximum atomic E-state index is 12.8. The number of fused-ring (bicyclic) bond motifs is 3. The fourth-order valence-corrected chi connectivity index (χ4v) is 6.02. The van der Waals surface area contributed by atoms with Crippen molar-refractivity contribution >= 4 is 27.6 Å². The average molecular weight is 524 g/mol. The third kappa shape index (κ3) is 4.57. The molecule has 39 heavy (non-hydrogen) atoms. The maximum absolute atomic E-state index is 12.8. The zero-order valence-corrected chi connectivity index (χ0v) is 22.4. The molecule has 3 aromatic carbocycles. The van der Waals surface area contributed by atoms with Gasteiger partial charge in [-0.05, 0) is 49.6 Å². The number of nitrogens with zero attached hydrogens (tertiary/aromatic N) is 3. The number of aromatic nitrogens is 3. The number of hydrogen-bond donors (Lipinski definition) is 1. The first-order valence-corrected chi connectivity index (χ1v) is 13.6. The molecule has 0 saturated heterocycles. The molecule has 0 amide bonds. The van der Waals surface area contributed by atoms with E-state index in [1.807, 2.05) is 53.6 Å². The Balaban J connectivity index is 1.39. The summed E-state index contributed by atoms with van der Waals surface area (Å²) < 4.78 is 16.1. The van der Waals surface area contributed by atoms with Crippen LogP contribution < -0.4 is 4.74 Å². The third-order valence-corrected chi connectivity index (χ3v) is 7.74. The van der Waals surface area contributed by atoms with Crippen molar-refractivity contribution in [1.82, 2.24) is 14.3 Å². The number of carbonyl (C=O) groups is 1. The second kappa shape index (κ2) is 10.6. The Morgan fingerprint density at radius 2 is 1.85 bits per heavy atom. The summed E-state index contributed by atoms with van der Waals surface area (Å²) >= 11 is 0. The van der Waals surface area contributed by atoms with E-state index in [1.165, 1.54) is 0 Å². The van der Waals surface area contributed by atoms with Crippen molar-refractivity contribution in [3.8, 4) is 16.9 Å². The van der Waals surface area contributed by atoms with Crippen LogP contribution in [0.2, 0.25) is 0 Å². The molecule has 200 valence electrons. The minimum Gasteiger partial charge on any atom is -0.493 e. The quantitative estimate of drug-likeness (QED) is 0.256. The number of ether oxygens (including phenoxy) is 2. The van der Waals surface area contributed by atoms with E-state index < -0.39 is 5.97 Å². The number of rotatable bonds is 6. The van der Waals surface area contributed by atoms with Gasteiger partial charge in [0.1, 0.15) is 11.4 Å². The topological polar surface area (TPSA) is 78.5 Å². The van der Waals surface area contributed by atoms with Gasteiger partial charge in [-0.25, -0.2) is 4.79 Å². The molecule has 1 aliphatic heterocycles. The standard InChI is InChI=1S/C32H33N3O4/c1-21-29-26-14-8-13-24-25(15-9-19-39-28-16-7-11-22-10-3-4-12-23(22)28)31(32(36)37)35(30(24)26)17-5-6-18-38-20-27(29)34(2)33-21/h3-4,7-8,10-14,16H,5-6,9,15,17-20H2,1-2H3,(H,36,37). The van der Waals surface area contributed by atoms with Crippen molar-refractivity contribution in [2.75, 3.05) is 13.2 Å². The van der Waals surface area contributed by atoms with Gasteiger partial charge >= 0.3 is 5.97 Å². The van der Waals surface area contributed by atoms with Crippen molar-refractivity contribution in [1.29, 1.82) is 0 Å². The normalized spacial score (nSPS) is 13.8. The molecule has 6 rings (SSSR count). The van der Waals surface area contributed by atoms with Crippen LogP contribution >= 0.6 is 0 Å². The van der Waals surface area contributed by atoms with Crippen LogP contribution in [0.5, 0.6) is 5.75 Å². The summed E-state index contributed by atoms with van der Waals surface area (Å²) in [6.07, 6.45) is 3.02. The van der Waals surface area contributed by atoms with Gasteiger partial charge in [-0.15, -0.1) is 0 Å². The summed E-state index contributed by atoms with van der Waals surface area (Å²) in [6, 6.07) is 20.4. The lowest BCUT2D eigenvalue weighted by molar-refractivity contribution is 0.0683. The summed E-state index contributed by atoms with van der Waals surface area (Å²) in [4.78, 5) is 12.8. The molecule has 0 bridgehead atoms. The SMILES string of the molecule is Cc1nn(C)c2c1-c1cccc3c(CCCOc4cccc5ccccc45)c(C(=O)O)n(c13)CCCCOC2. The Morgan fingerprint density at radius 3 is 2.72 bits per heavy atom. The first-order chi connectivity index (χ1) is 19.0. The van der Waals surface area contributed by atoms with E-state index in [2.05, 4.69) is 30.3 Å². The second-order valence-corrected chi connectivity index (χ2v) is 10.2. The van der Waals surface area contributed by atoms with E-state index >= 15 is 0 Å². The van der Waals surface area contributed by atoms with E-state index in [-0.39, 0.29) is 0 Å². The van der Waals surface area contributed by atoms with Crippen molar-refractivity contribution < 1.29 is 19.4 Å². The number of para-hydroxylation sites is 1. The molecule has 0 atom stereocenters. The van der Waals surface area contributed by atoms with Gasteiger partial charge in [0, 0.05) is 42.1 Å². The van der Waals surface area contributed by atoms with E-state index in [1.54, 1.807) is 0 Å². The fourth-order valence-electron chi connectivity index (χ4n) is 6.02. The van der Waals surface area contributed by atoms with Crippen LogP contribution in [0.3, 0.4) is 0 Å². The number of carboxylic acids is 1. The van der Waals surface area contributed by atoms with Crippen LogP contribution in [-0.2, 0) is 31.4 Å². The first kappa shape index (κ1) is 25.2. The van der Waals surface area contributed by atoms with E-state index in [4.69, 9.17) is 14.6 Å². The Hall–Kier alpha value is -4.10. The molecule has 0 spiro atoms.